The van der Waals surface area contributed by atoms with Crippen LogP contribution in [0.1, 0.15) is 45.3 Å². The molecule has 22 heavy (non-hydrogen) atoms. The van der Waals surface area contributed by atoms with Crippen LogP contribution in [0, 0.1) is 11.3 Å². The van der Waals surface area contributed by atoms with Crippen molar-refractivity contribution in [3.05, 3.63) is 35.9 Å². The van der Waals surface area contributed by atoms with E-state index in [9.17, 15) is 10.1 Å². The molecule has 0 spiro atoms. The average molecular weight is 303 g/mol. The second-order valence-corrected chi connectivity index (χ2v) is 5.16. The number of carbonyl (C=O) groups excluding carboxylic acids is 1. The number of nitrogens with zero attached hydrogens (tertiary/aromatic N) is 2. The van der Waals surface area contributed by atoms with Crippen LogP contribution in [0.2, 0.25) is 0 Å². The molecular formula is C17H25N3O2. The number of furan rings is 1. The Labute approximate surface area is 132 Å². The number of unbranched alkanes of at least 4 members (excludes halogenated alkanes) is 2. The van der Waals surface area contributed by atoms with Gasteiger partial charge in [0.2, 0.25) is 0 Å². The first kappa shape index (κ1) is 17.8. The highest BCUT2D eigenvalue weighted by atomic mass is 16.3. The van der Waals surface area contributed by atoms with Crippen molar-refractivity contribution in [1.82, 2.24) is 10.2 Å². The molecule has 0 saturated heterocycles. The molecule has 5 heteroatoms. The highest BCUT2D eigenvalue weighted by Crippen LogP contribution is 2.05. The molecule has 5 nitrogen and oxygen atoms in total. The Morgan fingerprint density at radius 3 is 2.55 bits per heavy atom. The van der Waals surface area contributed by atoms with Crippen LogP contribution in [0.4, 0.5) is 0 Å². The van der Waals surface area contributed by atoms with Crippen molar-refractivity contribution in [1.29, 1.82) is 5.26 Å². The van der Waals surface area contributed by atoms with Gasteiger partial charge in [-0.1, -0.05) is 26.7 Å². The summed E-state index contributed by atoms with van der Waals surface area (Å²) in [5.74, 6) is 0.302. The summed E-state index contributed by atoms with van der Waals surface area (Å²) >= 11 is 0. The number of carbonyl (C=O) groups is 1. The minimum Gasteiger partial charge on any atom is -0.467 e. The smallest absolute Gasteiger partial charge is 0.263 e. The third-order valence-electron chi connectivity index (χ3n) is 3.28. The van der Waals surface area contributed by atoms with Gasteiger partial charge in [0.15, 0.2) is 0 Å². The Balaban J connectivity index is 2.63. The molecule has 0 unspecified atom stereocenters. The second-order valence-electron chi connectivity index (χ2n) is 5.16. The zero-order chi connectivity index (χ0) is 16.2. The van der Waals surface area contributed by atoms with E-state index in [2.05, 4.69) is 24.1 Å². The average Bonchev–Trinajstić information content (AvgIpc) is 3.05. The summed E-state index contributed by atoms with van der Waals surface area (Å²) in [4.78, 5) is 14.1. The van der Waals surface area contributed by atoms with Crippen LogP contribution < -0.4 is 5.32 Å². The third kappa shape index (κ3) is 6.49. The molecule has 1 heterocycles. The Kier molecular flexibility index (Phi) is 8.51. The lowest BCUT2D eigenvalue weighted by Crippen LogP contribution is -2.27. The highest BCUT2D eigenvalue weighted by Gasteiger charge is 2.11. The van der Waals surface area contributed by atoms with Crippen LogP contribution in [0.15, 0.2) is 34.6 Å². The SMILES string of the molecule is CCCCN(/C=C(/C#N)C(=O)NCc1ccco1)CCCC. The fourth-order valence-electron chi connectivity index (χ4n) is 1.96. The van der Waals surface area contributed by atoms with Crippen molar-refractivity contribution in [2.75, 3.05) is 13.1 Å². The van der Waals surface area contributed by atoms with E-state index < -0.39 is 0 Å². The van der Waals surface area contributed by atoms with Gasteiger partial charge in [-0.25, -0.2) is 0 Å². The number of hydrogen-bond acceptors (Lipinski definition) is 4. The predicted molar refractivity (Wildman–Crippen MR) is 85.6 cm³/mol. The number of nitriles is 1. The zero-order valence-corrected chi connectivity index (χ0v) is 13.5. The van der Waals surface area contributed by atoms with Gasteiger partial charge in [-0.05, 0) is 25.0 Å². The normalized spacial score (nSPS) is 11.0. The van der Waals surface area contributed by atoms with Crippen molar-refractivity contribution in [2.24, 2.45) is 0 Å². The lowest BCUT2D eigenvalue weighted by atomic mass is 10.2. The molecule has 0 saturated carbocycles. The summed E-state index contributed by atoms with van der Waals surface area (Å²) in [5.41, 5.74) is 0.138. The van der Waals surface area contributed by atoms with Crippen molar-refractivity contribution in [2.45, 2.75) is 46.1 Å². The van der Waals surface area contributed by atoms with Crippen LogP contribution in [-0.2, 0) is 11.3 Å². The maximum Gasteiger partial charge on any atom is 0.263 e. The molecular weight excluding hydrogens is 278 g/mol. The minimum atomic E-state index is -0.364. The maximum absolute atomic E-state index is 12.1. The van der Waals surface area contributed by atoms with E-state index in [1.807, 2.05) is 6.07 Å². The van der Waals surface area contributed by atoms with Crippen LogP contribution in [0.25, 0.3) is 0 Å². The standard InChI is InChI=1S/C17H25N3O2/c1-3-5-9-20(10-6-4-2)14-15(12-18)17(21)19-13-16-8-7-11-22-16/h7-8,11,14H,3-6,9-10,13H2,1-2H3,(H,19,21)/b15-14-. The van der Waals surface area contributed by atoms with Gasteiger partial charge in [0.25, 0.3) is 5.91 Å². The van der Waals surface area contributed by atoms with Crippen molar-refractivity contribution in [3.63, 3.8) is 0 Å². The summed E-state index contributed by atoms with van der Waals surface area (Å²) < 4.78 is 5.16. The number of hydrogen-bond donors (Lipinski definition) is 1. The van der Waals surface area contributed by atoms with E-state index in [1.165, 1.54) is 0 Å². The molecule has 0 fully saturated rings. The van der Waals surface area contributed by atoms with Gasteiger partial charge in [0.1, 0.15) is 17.4 Å². The van der Waals surface area contributed by atoms with Gasteiger partial charge >= 0.3 is 0 Å². The predicted octanol–water partition coefficient (Wildman–Crippen LogP) is 3.21. The topological polar surface area (TPSA) is 69.3 Å². The zero-order valence-electron chi connectivity index (χ0n) is 13.5. The van der Waals surface area contributed by atoms with E-state index in [0.717, 1.165) is 38.8 Å². The number of rotatable bonds is 10. The Hall–Kier alpha value is -2.22. The monoisotopic (exact) mass is 303 g/mol. The van der Waals surface area contributed by atoms with Crippen LogP contribution in [0.5, 0.6) is 0 Å². The Morgan fingerprint density at radius 1 is 1.36 bits per heavy atom. The fourth-order valence-corrected chi connectivity index (χ4v) is 1.96. The van der Waals surface area contributed by atoms with E-state index in [0.29, 0.717) is 5.76 Å². The fraction of sp³-hybridized carbons (Fsp3) is 0.529. The lowest BCUT2D eigenvalue weighted by molar-refractivity contribution is -0.117. The van der Waals surface area contributed by atoms with Crippen LogP contribution in [-0.4, -0.2) is 23.9 Å². The molecule has 1 amide bonds. The first-order valence-electron chi connectivity index (χ1n) is 7.87. The molecule has 1 rings (SSSR count). The molecule has 1 N–H and O–H groups in total. The first-order chi connectivity index (χ1) is 10.7. The Morgan fingerprint density at radius 2 is 2.05 bits per heavy atom. The second kappa shape index (κ2) is 10.5. The van der Waals surface area contributed by atoms with Gasteiger partial charge in [-0.2, -0.15) is 5.26 Å². The van der Waals surface area contributed by atoms with Gasteiger partial charge in [-0.3, -0.25) is 4.79 Å². The Bertz CT molecular complexity index is 492. The molecule has 0 aromatic carbocycles. The molecule has 120 valence electrons. The number of nitrogens with one attached hydrogen (secondary N) is 1. The molecule has 0 aliphatic heterocycles. The molecule has 1 aromatic heterocycles. The van der Waals surface area contributed by atoms with E-state index >= 15 is 0 Å². The lowest BCUT2D eigenvalue weighted by Gasteiger charge is -2.20. The molecule has 0 aliphatic rings. The molecule has 0 radical (unpaired) electrons. The summed E-state index contributed by atoms with van der Waals surface area (Å²) in [5, 5.41) is 11.9. The third-order valence-corrected chi connectivity index (χ3v) is 3.28. The number of amides is 1. The van der Waals surface area contributed by atoms with E-state index in [4.69, 9.17) is 4.42 Å². The minimum absolute atomic E-state index is 0.138. The van der Waals surface area contributed by atoms with Gasteiger partial charge in [-0.15, -0.1) is 0 Å². The van der Waals surface area contributed by atoms with Gasteiger partial charge in [0.05, 0.1) is 12.8 Å². The highest BCUT2D eigenvalue weighted by molar-refractivity contribution is 5.97. The van der Waals surface area contributed by atoms with Gasteiger partial charge < -0.3 is 14.6 Å². The molecule has 1 aromatic rings. The summed E-state index contributed by atoms with van der Waals surface area (Å²) in [7, 11) is 0. The summed E-state index contributed by atoms with van der Waals surface area (Å²) in [6, 6.07) is 5.54. The quantitative estimate of drug-likeness (QED) is 0.532. The van der Waals surface area contributed by atoms with Crippen LogP contribution >= 0.6 is 0 Å². The maximum atomic E-state index is 12.1. The molecule has 0 aliphatic carbocycles. The van der Waals surface area contributed by atoms with Crippen molar-refractivity contribution in [3.8, 4) is 6.07 Å². The largest absolute Gasteiger partial charge is 0.467 e. The van der Waals surface area contributed by atoms with Gasteiger partial charge in [0, 0.05) is 19.3 Å². The van der Waals surface area contributed by atoms with E-state index in [1.54, 1.807) is 24.6 Å². The summed E-state index contributed by atoms with van der Waals surface area (Å²) in [6.07, 6.45) is 7.51. The van der Waals surface area contributed by atoms with Crippen molar-refractivity contribution < 1.29 is 9.21 Å². The van der Waals surface area contributed by atoms with E-state index in [-0.39, 0.29) is 18.0 Å². The molecule has 0 atom stereocenters. The summed E-state index contributed by atoms with van der Waals surface area (Å²) in [6.45, 7) is 6.28. The molecule has 0 bridgehead atoms. The van der Waals surface area contributed by atoms with Crippen LogP contribution in [0.3, 0.4) is 0 Å². The van der Waals surface area contributed by atoms with Crippen molar-refractivity contribution >= 4 is 5.91 Å². The first-order valence-corrected chi connectivity index (χ1v) is 7.87.